The average molecular weight is 267 g/mol. The monoisotopic (exact) mass is 267 g/mol. The Morgan fingerprint density at radius 1 is 1.32 bits per heavy atom. The molecule has 0 heterocycles. The van der Waals surface area contributed by atoms with Gasteiger partial charge >= 0.3 is 0 Å². The van der Waals surface area contributed by atoms with Gasteiger partial charge in [-0.15, -0.1) is 0 Å². The van der Waals surface area contributed by atoms with Crippen LogP contribution in [0.4, 0.5) is 0 Å². The maximum absolute atomic E-state index is 10.1. The third kappa shape index (κ3) is 4.40. The van der Waals surface area contributed by atoms with E-state index in [9.17, 15) is 10.2 Å². The lowest BCUT2D eigenvalue weighted by Gasteiger charge is -2.28. The molecule has 4 heteroatoms. The molecule has 0 amide bonds. The summed E-state index contributed by atoms with van der Waals surface area (Å²) < 4.78 is 5.36. The lowest BCUT2D eigenvalue weighted by molar-refractivity contribution is 0.163. The molecule has 1 unspecified atom stereocenters. The molecule has 0 saturated heterocycles. The molecule has 0 aliphatic rings. The molecule has 0 radical (unpaired) electrons. The molecule has 0 aliphatic carbocycles. The summed E-state index contributed by atoms with van der Waals surface area (Å²) in [4.78, 5) is 0. The molecule has 0 spiro atoms. The number of aliphatic hydroxyl groups excluding tert-OH is 1. The Hall–Kier alpha value is -1.26. The molecule has 1 aromatic carbocycles. The second-order valence-corrected chi connectivity index (χ2v) is 5.02. The SMILES string of the molecule is CCCC(C)(CO)NCc1cccc(OCC)c1O. The van der Waals surface area contributed by atoms with E-state index in [-0.39, 0.29) is 17.9 Å². The highest BCUT2D eigenvalue weighted by Gasteiger charge is 2.22. The van der Waals surface area contributed by atoms with Crippen LogP contribution in [0.2, 0.25) is 0 Å². The Morgan fingerprint density at radius 2 is 2.05 bits per heavy atom. The standard InChI is InChI=1S/C15H25NO3/c1-4-9-15(3,11-17)16-10-12-7-6-8-13(14(12)18)19-5-2/h6-8,16-18H,4-5,9-11H2,1-3H3. The first kappa shape index (κ1) is 15.8. The molecule has 108 valence electrons. The van der Waals surface area contributed by atoms with Gasteiger partial charge in [-0.25, -0.2) is 0 Å². The third-order valence-electron chi connectivity index (χ3n) is 3.24. The van der Waals surface area contributed by atoms with Crippen LogP contribution in [0.25, 0.3) is 0 Å². The minimum absolute atomic E-state index is 0.0761. The van der Waals surface area contributed by atoms with Crippen LogP contribution >= 0.6 is 0 Å². The van der Waals surface area contributed by atoms with E-state index in [0.717, 1.165) is 18.4 Å². The molecule has 19 heavy (non-hydrogen) atoms. The van der Waals surface area contributed by atoms with Gasteiger partial charge in [0.1, 0.15) is 0 Å². The number of hydrogen-bond acceptors (Lipinski definition) is 4. The maximum Gasteiger partial charge on any atom is 0.162 e. The van der Waals surface area contributed by atoms with Crippen LogP contribution in [0, 0.1) is 0 Å². The van der Waals surface area contributed by atoms with E-state index >= 15 is 0 Å². The van der Waals surface area contributed by atoms with E-state index in [1.807, 2.05) is 26.0 Å². The summed E-state index contributed by atoms with van der Waals surface area (Å²) >= 11 is 0. The van der Waals surface area contributed by atoms with E-state index in [0.29, 0.717) is 18.9 Å². The fraction of sp³-hybridized carbons (Fsp3) is 0.600. The lowest BCUT2D eigenvalue weighted by atomic mass is 9.97. The molecule has 1 rings (SSSR count). The Labute approximate surface area is 115 Å². The summed E-state index contributed by atoms with van der Waals surface area (Å²) in [6.45, 7) is 7.06. The number of benzene rings is 1. The summed E-state index contributed by atoms with van der Waals surface area (Å²) in [5.74, 6) is 0.677. The Balaban J connectivity index is 2.74. The second-order valence-electron chi connectivity index (χ2n) is 5.02. The molecule has 0 fully saturated rings. The number of hydrogen-bond donors (Lipinski definition) is 3. The summed E-state index contributed by atoms with van der Waals surface area (Å²) in [6.07, 6.45) is 1.88. The van der Waals surface area contributed by atoms with E-state index in [4.69, 9.17) is 4.74 Å². The van der Waals surface area contributed by atoms with E-state index in [1.165, 1.54) is 0 Å². The summed E-state index contributed by atoms with van der Waals surface area (Å²) in [5.41, 5.74) is 0.463. The summed E-state index contributed by atoms with van der Waals surface area (Å²) in [7, 11) is 0. The fourth-order valence-corrected chi connectivity index (χ4v) is 2.07. The Kier molecular flexibility index (Phi) is 6.12. The van der Waals surface area contributed by atoms with Crippen molar-refractivity contribution in [3.05, 3.63) is 23.8 Å². The summed E-state index contributed by atoms with van der Waals surface area (Å²) in [6, 6.07) is 5.46. The van der Waals surface area contributed by atoms with Crippen molar-refractivity contribution in [2.24, 2.45) is 0 Å². The van der Waals surface area contributed by atoms with Gasteiger partial charge in [0.25, 0.3) is 0 Å². The molecule has 3 N–H and O–H groups in total. The predicted molar refractivity (Wildman–Crippen MR) is 76.5 cm³/mol. The average Bonchev–Trinajstić information content (AvgIpc) is 2.40. The van der Waals surface area contributed by atoms with Crippen molar-refractivity contribution in [3.63, 3.8) is 0 Å². The maximum atomic E-state index is 10.1. The molecular formula is C15H25NO3. The van der Waals surface area contributed by atoms with Crippen LogP contribution in [0.1, 0.15) is 39.2 Å². The highest BCUT2D eigenvalue weighted by molar-refractivity contribution is 5.45. The van der Waals surface area contributed by atoms with Crippen LogP contribution < -0.4 is 10.1 Å². The van der Waals surface area contributed by atoms with Gasteiger partial charge < -0.3 is 20.3 Å². The van der Waals surface area contributed by atoms with Crippen molar-refractivity contribution in [2.75, 3.05) is 13.2 Å². The molecule has 0 aromatic heterocycles. The van der Waals surface area contributed by atoms with Gasteiger partial charge in [0, 0.05) is 17.6 Å². The van der Waals surface area contributed by atoms with Crippen molar-refractivity contribution >= 4 is 0 Å². The van der Waals surface area contributed by atoms with Crippen LogP contribution in [-0.2, 0) is 6.54 Å². The van der Waals surface area contributed by atoms with E-state index in [1.54, 1.807) is 6.07 Å². The molecule has 0 aliphatic heterocycles. The predicted octanol–water partition coefficient (Wildman–Crippen LogP) is 2.43. The molecular weight excluding hydrogens is 242 g/mol. The number of para-hydroxylation sites is 1. The van der Waals surface area contributed by atoms with Crippen LogP contribution in [-0.4, -0.2) is 29.0 Å². The Morgan fingerprint density at radius 3 is 2.63 bits per heavy atom. The lowest BCUT2D eigenvalue weighted by Crippen LogP contribution is -2.45. The molecule has 4 nitrogen and oxygen atoms in total. The van der Waals surface area contributed by atoms with Gasteiger partial charge in [-0.2, -0.15) is 0 Å². The van der Waals surface area contributed by atoms with Crippen LogP contribution in [0.15, 0.2) is 18.2 Å². The molecule has 0 saturated carbocycles. The minimum Gasteiger partial charge on any atom is -0.504 e. The zero-order valence-electron chi connectivity index (χ0n) is 12.1. The fourth-order valence-electron chi connectivity index (χ4n) is 2.07. The molecule has 1 atom stereocenters. The van der Waals surface area contributed by atoms with Crippen molar-refractivity contribution in [1.82, 2.24) is 5.32 Å². The van der Waals surface area contributed by atoms with E-state index in [2.05, 4.69) is 12.2 Å². The smallest absolute Gasteiger partial charge is 0.162 e. The Bertz CT molecular complexity index is 395. The highest BCUT2D eigenvalue weighted by atomic mass is 16.5. The normalized spacial score (nSPS) is 14.1. The largest absolute Gasteiger partial charge is 0.504 e. The zero-order chi connectivity index (χ0) is 14.3. The van der Waals surface area contributed by atoms with Gasteiger partial charge in [-0.3, -0.25) is 0 Å². The van der Waals surface area contributed by atoms with Crippen molar-refractivity contribution in [3.8, 4) is 11.5 Å². The second kappa shape index (κ2) is 7.36. The molecule has 0 bridgehead atoms. The van der Waals surface area contributed by atoms with Crippen LogP contribution in [0.5, 0.6) is 11.5 Å². The topological polar surface area (TPSA) is 61.7 Å². The van der Waals surface area contributed by atoms with E-state index < -0.39 is 0 Å². The number of phenols is 1. The minimum atomic E-state index is -0.317. The first-order valence-corrected chi connectivity index (χ1v) is 6.86. The van der Waals surface area contributed by atoms with Crippen molar-refractivity contribution < 1.29 is 14.9 Å². The van der Waals surface area contributed by atoms with Gasteiger partial charge in [-0.1, -0.05) is 25.5 Å². The highest BCUT2D eigenvalue weighted by Crippen LogP contribution is 2.30. The number of phenolic OH excluding ortho intramolecular Hbond substituents is 1. The summed E-state index contributed by atoms with van der Waals surface area (Å²) in [5, 5.41) is 22.9. The van der Waals surface area contributed by atoms with Gasteiger partial charge in [-0.05, 0) is 26.3 Å². The van der Waals surface area contributed by atoms with Gasteiger partial charge in [0.15, 0.2) is 11.5 Å². The zero-order valence-corrected chi connectivity index (χ0v) is 12.1. The van der Waals surface area contributed by atoms with Crippen LogP contribution in [0.3, 0.4) is 0 Å². The quantitative estimate of drug-likeness (QED) is 0.677. The number of rotatable bonds is 8. The third-order valence-corrected chi connectivity index (χ3v) is 3.24. The van der Waals surface area contributed by atoms with Gasteiger partial charge in [0.2, 0.25) is 0 Å². The molecule has 1 aromatic rings. The first-order valence-electron chi connectivity index (χ1n) is 6.86. The number of aromatic hydroxyl groups is 1. The van der Waals surface area contributed by atoms with Crippen molar-refractivity contribution in [2.45, 2.75) is 45.7 Å². The number of nitrogens with one attached hydrogen (secondary N) is 1. The number of ether oxygens (including phenoxy) is 1. The van der Waals surface area contributed by atoms with Gasteiger partial charge in [0.05, 0.1) is 13.2 Å². The number of aliphatic hydroxyl groups is 1. The first-order chi connectivity index (χ1) is 9.06. The van der Waals surface area contributed by atoms with Crippen molar-refractivity contribution in [1.29, 1.82) is 0 Å².